The van der Waals surface area contributed by atoms with Gasteiger partial charge < -0.3 is 14.6 Å². The standard InChI is InChI=1S/C26H21NO5S2/c1-16-5-3-4-6-19(16)15-32-21-12-7-17(13-22(21)31-2)14-23-24(28)27(26(33)34-23)20-10-8-18(9-11-20)25(29)30/h3-14H,15H2,1-2H3,(H,29,30)/b23-14-. The summed E-state index contributed by atoms with van der Waals surface area (Å²) in [4.78, 5) is 26.0. The number of ether oxygens (including phenoxy) is 2. The highest BCUT2D eigenvalue weighted by atomic mass is 32.2. The van der Waals surface area contributed by atoms with Crippen LogP contribution in [0.25, 0.3) is 6.08 Å². The molecular formula is C26H21NO5S2. The Labute approximate surface area is 206 Å². The van der Waals surface area contributed by atoms with Crippen LogP contribution in [0.1, 0.15) is 27.0 Å². The number of carbonyl (C=O) groups excluding carboxylic acids is 1. The zero-order chi connectivity index (χ0) is 24.2. The summed E-state index contributed by atoms with van der Waals surface area (Å²) in [5, 5.41) is 9.08. The zero-order valence-corrected chi connectivity index (χ0v) is 20.1. The predicted octanol–water partition coefficient (Wildman–Crippen LogP) is 5.69. The van der Waals surface area contributed by atoms with Gasteiger partial charge in [-0.25, -0.2) is 4.79 Å². The van der Waals surface area contributed by atoms with Crippen LogP contribution in [0.4, 0.5) is 5.69 Å². The summed E-state index contributed by atoms with van der Waals surface area (Å²) in [5.41, 5.74) is 3.67. The summed E-state index contributed by atoms with van der Waals surface area (Å²) in [5.74, 6) is -0.134. The first kappa shape index (κ1) is 23.5. The van der Waals surface area contributed by atoms with E-state index in [9.17, 15) is 9.59 Å². The fourth-order valence-electron chi connectivity index (χ4n) is 3.42. The molecule has 1 amide bonds. The summed E-state index contributed by atoms with van der Waals surface area (Å²) >= 11 is 6.59. The number of carboxylic acids is 1. The van der Waals surface area contributed by atoms with Crippen LogP contribution >= 0.6 is 24.0 Å². The SMILES string of the molecule is COc1cc(/C=C2\SC(=S)N(c3ccc(C(=O)O)cc3)C2=O)ccc1OCc1ccccc1C. The molecule has 0 radical (unpaired) electrons. The number of rotatable bonds is 7. The molecule has 34 heavy (non-hydrogen) atoms. The Bertz CT molecular complexity index is 1300. The molecule has 4 rings (SSSR count). The van der Waals surface area contributed by atoms with E-state index in [1.165, 1.54) is 28.8 Å². The normalized spacial score (nSPS) is 14.5. The molecule has 0 aromatic heterocycles. The van der Waals surface area contributed by atoms with Gasteiger partial charge in [0.1, 0.15) is 6.61 Å². The van der Waals surface area contributed by atoms with E-state index in [0.717, 1.165) is 16.7 Å². The van der Waals surface area contributed by atoms with E-state index in [2.05, 4.69) is 0 Å². The van der Waals surface area contributed by atoms with E-state index in [1.54, 1.807) is 31.4 Å². The Kier molecular flexibility index (Phi) is 7.00. The summed E-state index contributed by atoms with van der Waals surface area (Å²) in [6.07, 6.45) is 1.75. The van der Waals surface area contributed by atoms with Crippen molar-refractivity contribution in [1.29, 1.82) is 0 Å². The first-order valence-electron chi connectivity index (χ1n) is 10.3. The van der Waals surface area contributed by atoms with Gasteiger partial charge in [-0.15, -0.1) is 0 Å². The van der Waals surface area contributed by atoms with E-state index in [1.807, 2.05) is 43.3 Å². The average molecular weight is 492 g/mol. The summed E-state index contributed by atoms with van der Waals surface area (Å²) in [6.45, 7) is 2.46. The second kappa shape index (κ2) is 10.1. The van der Waals surface area contributed by atoms with E-state index in [-0.39, 0.29) is 11.5 Å². The maximum Gasteiger partial charge on any atom is 0.335 e. The van der Waals surface area contributed by atoms with Gasteiger partial charge in [-0.05, 0) is 66.1 Å². The molecule has 172 valence electrons. The molecule has 0 spiro atoms. The number of amides is 1. The van der Waals surface area contributed by atoms with Gasteiger partial charge in [0, 0.05) is 0 Å². The molecule has 1 aliphatic heterocycles. The molecule has 1 heterocycles. The molecule has 1 fully saturated rings. The van der Waals surface area contributed by atoms with Gasteiger partial charge in [0.05, 0.1) is 23.3 Å². The van der Waals surface area contributed by atoms with Crippen molar-refractivity contribution in [3.05, 3.63) is 93.9 Å². The number of carbonyl (C=O) groups is 2. The summed E-state index contributed by atoms with van der Waals surface area (Å²) < 4.78 is 11.9. The number of hydrogen-bond donors (Lipinski definition) is 1. The largest absolute Gasteiger partial charge is 0.493 e. The number of aromatic carboxylic acids is 1. The summed E-state index contributed by atoms with van der Waals surface area (Å²) in [6, 6.07) is 19.5. The lowest BCUT2D eigenvalue weighted by Crippen LogP contribution is -2.27. The van der Waals surface area contributed by atoms with Crippen LogP contribution in [0.15, 0.2) is 71.6 Å². The highest BCUT2D eigenvalue weighted by Crippen LogP contribution is 2.37. The van der Waals surface area contributed by atoms with E-state index in [4.69, 9.17) is 26.8 Å². The van der Waals surface area contributed by atoms with Crippen LogP contribution in [0.2, 0.25) is 0 Å². The number of benzene rings is 3. The van der Waals surface area contributed by atoms with Crippen molar-refractivity contribution in [3.8, 4) is 11.5 Å². The molecule has 0 bridgehead atoms. The first-order valence-corrected chi connectivity index (χ1v) is 11.6. The van der Waals surface area contributed by atoms with Gasteiger partial charge >= 0.3 is 5.97 Å². The third-order valence-corrected chi connectivity index (χ3v) is 6.60. The topological polar surface area (TPSA) is 76.1 Å². The van der Waals surface area contributed by atoms with Crippen LogP contribution in [-0.4, -0.2) is 28.4 Å². The molecule has 0 saturated carbocycles. The smallest absolute Gasteiger partial charge is 0.335 e. The lowest BCUT2D eigenvalue weighted by Gasteiger charge is -2.14. The Morgan fingerprint density at radius 3 is 2.50 bits per heavy atom. The first-order chi connectivity index (χ1) is 16.4. The van der Waals surface area contributed by atoms with Gasteiger partial charge in [0.15, 0.2) is 15.8 Å². The van der Waals surface area contributed by atoms with E-state index in [0.29, 0.717) is 33.0 Å². The number of hydrogen-bond acceptors (Lipinski definition) is 6. The number of thioether (sulfide) groups is 1. The minimum Gasteiger partial charge on any atom is -0.493 e. The highest BCUT2D eigenvalue weighted by Gasteiger charge is 2.33. The molecular weight excluding hydrogens is 470 g/mol. The van der Waals surface area contributed by atoms with Gasteiger partial charge in [-0.2, -0.15) is 0 Å². The van der Waals surface area contributed by atoms with Crippen molar-refractivity contribution in [1.82, 2.24) is 0 Å². The predicted molar refractivity (Wildman–Crippen MR) is 138 cm³/mol. The maximum atomic E-state index is 13.0. The quantitative estimate of drug-likeness (QED) is 0.336. The van der Waals surface area contributed by atoms with Crippen molar-refractivity contribution in [3.63, 3.8) is 0 Å². The minimum absolute atomic E-state index is 0.140. The van der Waals surface area contributed by atoms with E-state index < -0.39 is 5.97 Å². The van der Waals surface area contributed by atoms with Gasteiger partial charge in [-0.1, -0.05) is 54.3 Å². The van der Waals surface area contributed by atoms with Crippen LogP contribution in [0.5, 0.6) is 11.5 Å². The summed E-state index contributed by atoms with van der Waals surface area (Å²) in [7, 11) is 1.57. The number of anilines is 1. The van der Waals surface area contributed by atoms with E-state index >= 15 is 0 Å². The molecule has 3 aromatic carbocycles. The zero-order valence-electron chi connectivity index (χ0n) is 18.5. The van der Waals surface area contributed by atoms with Crippen LogP contribution in [-0.2, 0) is 11.4 Å². The molecule has 1 aliphatic rings. The number of nitrogens with zero attached hydrogens (tertiary/aromatic N) is 1. The molecule has 0 aliphatic carbocycles. The van der Waals surface area contributed by atoms with Crippen molar-refractivity contribution < 1.29 is 24.2 Å². The molecule has 6 nitrogen and oxygen atoms in total. The molecule has 3 aromatic rings. The molecule has 1 saturated heterocycles. The van der Waals surface area contributed by atoms with Crippen molar-refractivity contribution >= 4 is 51.9 Å². The van der Waals surface area contributed by atoms with Gasteiger partial charge in [-0.3, -0.25) is 9.69 Å². The van der Waals surface area contributed by atoms with Crippen LogP contribution in [0, 0.1) is 6.92 Å². The number of thiocarbonyl (C=S) groups is 1. The minimum atomic E-state index is -1.03. The molecule has 8 heteroatoms. The molecule has 1 N–H and O–H groups in total. The third-order valence-electron chi connectivity index (χ3n) is 5.30. The molecule has 0 unspecified atom stereocenters. The fraction of sp³-hybridized carbons (Fsp3) is 0.115. The fourth-order valence-corrected chi connectivity index (χ4v) is 4.71. The second-order valence-electron chi connectivity index (χ2n) is 7.49. The highest BCUT2D eigenvalue weighted by molar-refractivity contribution is 8.27. The Balaban J connectivity index is 1.53. The van der Waals surface area contributed by atoms with Crippen molar-refractivity contribution in [2.24, 2.45) is 0 Å². The molecule has 0 atom stereocenters. The second-order valence-corrected chi connectivity index (χ2v) is 9.17. The van der Waals surface area contributed by atoms with Crippen LogP contribution < -0.4 is 14.4 Å². The Morgan fingerprint density at radius 1 is 1.09 bits per heavy atom. The van der Waals surface area contributed by atoms with Crippen molar-refractivity contribution in [2.45, 2.75) is 13.5 Å². The van der Waals surface area contributed by atoms with Gasteiger partial charge in [0.2, 0.25) is 0 Å². The number of aryl methyl sites for hydroxylation is 1. The lowest BCUT2D eigenvalue weighted by molar-refractivity contribution is -0.113. The monoisotopic (exact) mass is 491 g/mol. The lowest BCUT2D eigenvalue weighted by atomic mass is 10.1. The van der Waals surface area contributed by atoms with Crippen LogP contribution in [0.3, 0.4) is 0 Å². The Morgan fingerprint density at radius 2 is 1.82 bits per heavy atom. The Hall–Kier alpha value is -3.62. The maximum absolute atomic E-state index is 13.0. The number of methoxy groups -OCH3 is 1. The third kappa shape index (κ3) is 4.98. The van der Waals surface area contributed by atoms with Gasteiger partial charge in [0.25, 0.3) is 5.91 Å². The van der Waals surface area contributed by atoms with Crippen molar-refractivity contribution in [2.75, 3.05) is 12.0 Å². The number of carboxylic acid groups (broad SMARTS) is 1. The average Bonchev–Trinajstić information content (AvgIpc) is 3.11.